The molecule has 72 valence electrons. The Morgan fingerprint density at radius 2 is 2.43 bits per heavy atom. The third kappa shape index (κ3) is 1.56. The van der Waals surface area contributed by atoms with Gasteiger partial charge in [-0.2, -0.15) is 5.10 Å². The van der Waals surface area contributed by atoms with Crippen LogP contribution in [0.5, 0.6) is 0 Å². The lowest BCUT2D eigenvalue weighted by atomic mass is 10.3. The van der Waals surface area contributed by atoms with Crippen molar-refractivity contribution in [3.8, 4) is 11.4 Å². The van der Waals surface area contributed by atoms with E-state index in [0.29, 0.717) is 5.82 Å². The van der Waals surface area contributed by atoms with Crippen LogP contribution < -0.4 is 5.56 Å². The predicted octanol–water partition coefficient (Wildman–Crippen LogP) is 0.653. The summed E-state index contributed by atoms with van der Waals surface area (Å²) in [4.78, 5) is 17.7. The summed E-state index contributed by atoms with van der Waals surface area (Å²) in [7, 11) is 0. The number of H-pyrrole nitrogens is 1. The smallest absolute Gasteiger partial charge is 0.251 e. The molecule has 1 N–H and O–H groups in total. The minimum Gasteiger partial charge on any atom is -0.306 e. The number of rotatable bonds is 2. The van der Waals surface area contributed by atoms with Gasteiger partial charge in [0.1, 0.15) is 5.82 Å². The molecule has 0 aliphatic heterocycles. The van der Waals surface area contributed by atoms with E-state index in [-0.39, 0.29) is 5.56 Å². The summed E-state index contributed by atoms with van der Waals surface area (Å²) < 4.78 is 1.78. The van der Waals surface area contributed by atoms with E-state index < -0.39 is 0 Å². The molecule has 14 heavy (non-hydrogen) atoms. The lowest BCUT2D eigenvalue weighted by Crippen LogP contribution is -2.05. The molecule has 0 saturated heterocycles. The number of aromatic amines is 1. The second-order valence-corrected chi connectivity index (χ2v) is 2.87. The highest BCUT2D eigenvalue weighted by molar-refractivity contribution is 5.51. The van der Waals surface area contributed by atoms with E-state index in [1.54, 1.807) is 10.9 Å². The van der Waals surface area contributed by atoms with Gasteiger partial charge in [-0.15, -0.1) is 0 Å². The Morgan fingerprint density at radius 1 is 1.57 bits per heavy atom. The molecule has 5 nitrogen and oxygen atoms in total. The minimum absolute atomic E-state index is 0.153. The SMILES string of the molecule is CCn1cc(-c2nccc(=O)[nH]2)cn1. The molecule has 2 aromatic heterocycles. The van der Waals surface area contributed by atoms with Gasteiger partial charge in [-0.3, -0.25) is 9.48 Å². The molecule has 2 aromatic rings. The summed E-state index contributed by atoms with van der Waals surface area (Å²) in [5, 5.41) is 4.10. The summed E-state index contributed by atoms with van der Waals surface area (Å²) in [6.07, 6.45) is 5.01. The van der Waals surface area contributed by atoms with Gasteiger partial charge in [0.25, 0.3) is 5.56 Å². The molecule has 0 aliphatic carbocycles. The summed E-state index contributed by atoms with van der Waals surface area (Å²) >= 11 is 0. The van der Waals surface area contributed by atoms with Gasteiger partial charge in [0.2, 0.25) is 0 Å². The van der Waals surface area contributed by atoms with Crippen molar-refractivity contribution >= 4 is 0 Å². The topological polar surface area (TPSA) is 63.6 Å². The maximum absolute atomic E-state index is 11.0. The lowest BCUT2D eigenvalue weighted by Gasteiger charge is -1.94. The fourth-order valence-corrected chi connectivity index (χ4v) is 1.18. The van der Waals surface area contributed by atoms with Crippen molar-refractivity contribution in [2.24, 2.45) is 0 Å². The van der Waals surface area contributed by atoms with Gasteiger partial charge >= 0.3 is 0 Å². The number of hydrogen-bond donors (Lipinski definition) is 1. The number of aryl methyl sites for hydroxylation is 1. The fraction of sp³-hybridized carbons (Fsp3) is 0.222. The number of hydrogen-bond acceptors (Lipinski definition) is 3. The van der Waals surface area contributed by atoms with Gasteiger partial charge in [-0.1, -0.05) is 0 Å². The fourth-order valence-electron chi connectivity index (χ4n) is 1.18. The molecule has 0 amide bonds. The molecule has 5 heteroatoms. The van der Waals surface area contributed by atoms with Crippen LogP contribution in [0.15, 0.2) is 29.5 Å². The number of nitrogens with one attached hydrogen (secondary N) is 1. The molecule has 0 radical (unpaired) electrons. The quantitative estimate of drug-likeness (QED) is 0.756. The zero-order valence-electron chi connectivity index (χ0n) is 7.77. The number of aromatic nitrogens is 4. The van der Waals surface area contributed by atoms with Crippen LogP contribution in [-0.4, -0.2) is 19.7 Å². The highest BCUT2D eigenvalue weighted by Gasteiger charge is 2.02. The standard InChI is InChI=1S/C9H10N4O/c1-2-13-6-7(5-11-13)9-10-4-3-8(14)12-9/h3-6H,2H2,1H3,(H,10,12,14). The summed E-state index contributed by atoms with van der Waals surface area (Å²) in [6.45, 7) is 2.80. The summed E-state index contributed by atoms with van der Waals surface area (Å²) in [5.41, 5.74) is 0.670. The van der Waals surface area contributed by atoms with Crippen LogP contribution in [-0.2, 0) is 6.54 Å². The van der Waals surface area contributed by atoms with Gasteiger partial charge < -0.3 is 4.98 Å². The highest BCUT2D eigenvalue weighted by atomic mass is 16.1. The van der Waals surface area contributed by atoms with E-state index in [2.05, 4.69) is 15.1 Å². The first-order valence-corrected chi connectivity index (χ1v) is 4.38. The molecule has 0 fully saturated rings. The maximum atomic E-state index is 11.0. The first kappa shape index (κ1) is 8.68. The van der Waals surface area contributed by atoms with Gasteiger partial charge in [0.15, 0.2) is 0 Å². The zero-order valence-corrected chi connectivity index (χ0v) is 7.77. The van der Waals surface area contributed by atoms with Crippen molar-refractivity contribution < 1.29 is 0 Å². The second kappa shape index (κ2) is 3.45. The van der Waals surface area contributed by atoms with Crippen LogP contribution in [0.2, 0.25) is 0 Å². The van der Waals surface area contributed by atoms with Crippen LogP contribution in [0.4, 0.5) is 0 Å². The largest absolute Gasteiger partial charge is 0.306 e. The van der Waals surface area contributed by atoms with Crippen LogP contribution in [0.1, 0.15) is 6.92 Å². The van der Waals surface area contributed by atoms with Gasteiger partial charge in [0, 0.05) is 25.0 Å². The van der Waals surface area contributed by atoms with Gasteiger partial charge in [-0.05, 0) is 6.92 Å². The molecular weight excluding hydrogens is 180 g/mol. The predicted molar refractivity (Wildman–Crippen MR) is 51.8 cm³/mol. The Labute approximate surface area is 80.4 Å². The lowest BCUT2D eigenvalue weighted by molar-refractivity contribution is 0.660. The molecular formula is C9H10N4O. The molecule has 0 aliphatic rings. The Hall–Kier alpha value is -1.91. The molecule has 0 bridgehead atoms. The normalized spacial score (nSPS) is 10.4. The molecule has 2 heterocycles. The van der Waals surface area contributed by atoms with Crippen molar-refractivity contribution in [2.45, 2.75) is 13.5 Å². The molecule has 0 spiro atoms. The summed E-state index contributed by atoms with van der Waals surface area (Å²) in [5.74, 6) is 0.553. The number of nitrogens with zero attached hydrogens (tertiary/aromatic N) is 3. The van der Waals surface area contributed by atoms with Crippen molar-refractivity contribution in [1.82, 2.24) is 19.7 Å². The van der Waals surface area contributed by atoms with Crippen LogP contribution in [0.3, 0.4) is 0 Å². The minimum atomic E-state index is -0.153. The third-order valence-corrected chi connectivity index (χ3v) is 1.90. The molecule has 2 rings (SSSR count). The van der Waals surface area contributed by atoms with Crippen molar-refractivity contribution in [3.05, 3.63) is 35.0 Å². The third-order valence-electron chi connectivity index (χ3n) is 1.90. The maximum Gasteiger partial charge on any atom is 0.251 e. The first-order chi connectivity index (χ1) is 6.79. The van der Waals surface area contributed by atoms with E-state index in [1.807, 2.05) is 13.1 Å². The highest BCUT2D eigenvalue weighted by Crippen LogP contribution is 2.10. The summed E-state index contributed by atoms with van der Waals surface area (Å²) in [6, 6.07) is 1.38. The Bertz CT molecular complexity index is 485. The van der Waals surface area contributed by atoms with Crippen molar-refractivity contribution in [2.75, 3.05) is 0 Å². The molecule has 0 unspecified atom stereocenters. The Balaban J connectivity index is 2.44. The van der Waals surface area contributed by atoms with E-state index in [0.717, 1.165) is 12.1 Å². The zero-order chi connectivity index (χ0) is 9.97. The second-order valence-electron chi connectivity index (χ2n) is 2.87. The average Bonchev–Trinajstić information content (AvgIpc) is 2.66. The molecule has 0 aromatic carbocycles. The van der Waals surface area contributed by atoms with E-state index in [9.17, 15) is 4.79 Å². The monoisotopic (exact) mass is 190 g/mol. The Morgan fingerprint density at radius 3 is 3.07 bits per heavy atom. The Kier molecular flexibility index (Phi) is 2.14. The first-order valence-electron chi connectivity index (χ1n) is 4.38. The van der Waals surface area contributed by atoms with E-state index >= 15 is 0 Å². The van der Waals surface area contributed by atoms with Crippen molar-refractivity contribution in [3.63, 3.8) is 0 Å². The van der Waals surface area contributed by atoms with Crippen LogP contribution >= 0.6 is 0 Å². The van der Waals surface area contributed by atoms with Crippen LogP contribution in [0, 0.1) is 0 Å². The van der Waals surface area contributed by atoms with Crippen LogP contribution in [0.25, 0.3) is 11.4 Å². The van der Waals surface area contributed by atoms with Gasteiger partial charge in [-0.25, -0.2) is 4.98 Å². The van der Waals surface area contributed by atoms with Gasteiger partial charge in [0.05, 0.1) is 11.8 Å². The van der Waals surface area contributed by atoms with E-state index in [4.69, 9.17) is 0 Å². The van der Waals surface area contributed by atoms with Crippen molar-refractivity contribution in [1.29, 1.82) is 0 Å². The van der Waals surface area contributed by atoms with E-state index in [1.165, 1.54) is 12.3 Å². The molecule has 0 atom stereocenters. The average molecular weight is 190 g/mol. The molecule has 0 saturated carbocycles.